The molecule has 3 aromatic carbocycles. The fourth-order valence-corrected chi connectivity index (χ4v) is 3.67. The average molecular weight is 387 g/mol. The first kappa shape index (κ1) is 20.7. The first-order chi connectivity index (χ1) is 14.2. The summed E-state index contributed by atoms with van der Waals surface area (Å²) in [5, 5.41) is 3.09. The van der Waals surface area contributed by atoms with Crippen molar-refractivity contribution < 1.29 is 4.79 Å². The maximum absolute atomic E-state index is 12.7. The van der Waals surface area contributed by atoms with Gasteiger partial charge < -0.3 is 10.2 Å². The predicted octanol–water partition coefficient (Wildman–Crippen LogP) is 5.37. The molecule has 0 unspecified atom stereocenters. The Morgan fingerprint density at radius 3 is 1.79 bits per heavy atom. The predicted molar refractivity (Wildman–Crippen MR) is 121 cm³/mol. The molecule has 0 fully saturated rings. The summed E-state index contributed by atoms with van der Waals surface area (Å²) in [6, 6.07) is 29.0. The minimum atomic E-state index is 0.0578. The van der Waals surface area contributed by atoms with E-state index in [0.717, 1.165) is 29.8 Å². The van der Waals surface area contributed by atoms with Gasteiger partial charge in [0.05, 0.1) is 0 Å². The SMILES string of the molecule is CCN(CC)c1ccc(CNC(=O)CC(c2ccccc2)c2ccccc2)cc1. The highest BCUT2D eigenvalue weighted by Gasteiger charge is 2.17. The van der Waals surface area contributed by atoms with Crippen LogP contribution in [0.5, 0.6) is 0 Å². The Hall–Kier alpha value is -3.07. The van der Waals surface area contributed by atoms with Crippen LogP contribution in [0, 0.1) is 0 Å². The minimum Gasteiger partial charge on any atom is -0.372 e. The quantitative estimate of drug-likeness (QED) is 0.536. The van der Waals surface area contributed by atoms with E-state index in [1.54, 1.807) is 0 Å². The molecule has 3 nitrogen and oxygen atoms in total. The Morgan fingerprint density at radius 1 is 0.793 bits per heavy atom. The van der Waals surface area contributed by atoms with Gasteiger partial charge in [-0.1, -0.05) is 72.8 Å². The summed E-state index contributed by atoms with van der Waals surface area (Å²) < 4.78 is 0. The first-order valence-electron chi connectivity index (χ1n) is 10.4. The monoisotopic (exact) mass is 386 g/mol. The maximum atomic E-state index is 12.7. The Kier molecular flexibility index (Phi) is 7.46. The number of benzene rings is 3. The van der Waals surface area contributed by atoms with Crippen LogP contribution in [0.25, 0.3) is 0 Å². The van der Waals surface area contributed by atoms with Gasteiger partial charge >= 0.3 is 0 Å². The lowest BCUT2D eigenvalue weighted by Gasteiger charge is -2.21. The molecule has 0 aliphatic carbocycles. The van der Waals surface area contributed by atoms with Gasteiger partial charge in [-0.2, -0.15) is 0 Å². The molecule has 0 radical (unpaired) electrons. The van der Waals surface area contributed by atoms with Crippen molar-refractivity contribution in [1.82, 2.24) is 5.32 Å². The van der Waals surface area contributed by atoms with E-state index in [0.29, 0.717) is 13.0 Å². The maximum Gasteiger partial charge on any atom is 0.221 e. The molecule has 3 heteroatoms. The van der Waals surface area contributed by atoms with Gasteiger partial charge in [-0.15, -0.1) is 0 Å². The topological polar surface area (TPSA) is 32.3 Å². The number of nitrogens with one attached hydrogen (secondary N) is 1. The van der Waals surface area contributed by atoms with E-state index in [2.05, 4.69) is 72.6 Å². The lowest BCUT2D eigenvalue weighted by molar-refractivity contribution is -0.121. The van der Waals surface area contributed by atoms with Gasteiger partial charge in [0.25, 0.3) is 0 Å². The summed E-state index contributed by atoms with van der Waals surface area (Å²) >= 11 is 0. The number of nitrogens with zero attached hydrogens (tertiary/aromatic N) is 1. The van der Waals surface area contributed by atoms with Gasteiger partial charge in [-0.3, -0.25) is 4.79 Å². The van der Waals surface area contributed by atoms with E-state index in [-0.39, 0.29) is 11.8 Å². The zero-order valence-corrected chi connectivity index (χ0v) is 17.3. The lowest BCUT2D eigenvalue weighted by atomic mass is 9.88. The van der Waals surface area contributed by atoms with Crippen molar-refractivity contribution in [3.8, 4) is 0 Å². The minimum absolute atomic E-state index is 0.0578. The second kappa shape index (κ2) is 10.5. The van der Waals surface area contributed by atoms with Gasteiger partial charge in [0.2, 0.25) is 5.91 Å². The molecule has 1 N–H and O–H groups in total. The summed E-state index contributed by atoms with van der Waals surface area (Å²) in [6.45, 7) is 6.86. The number of carbonyl (C=O) groups is 1. The van der Waals surface area contributed by atoms with Crippen LogP contribution >= 0.6 is 0 Å². The normalized spacial score (nSPS) is 10.7. The van der Waals surface area contributed by atoms with Crippen LogP contribution in [-0.4, -0.2) is 19.0 Å². The molecule has 0 spiro atoms. The molecule has 29 heavy (non-hydrogen) atoms. The van der Waals surface area contributed by atoms with E-state index in [1.165, 1.54) is 5.69 Å². The van der Waals surface area contributed by atoms with E-state index < -0.39 is 0 Å². The molecule has 0 saturated carbocycles. The molecule has 150 valence electrons. The second-order valence-electron chi connectivity index (χ2n) is 7.19. The number of hydrogen-bond acceptors (Lipinski definition) is 2. The molecule has 0 bridgehead atoms. The lowest BCUT2D eigenvalue weighted by Crippen LogP contribution is -2.25. The molecule has 0 aliphatic rings. The largest absolute Gasteiger partial charge is 0.372 e. The molecule has 3 aromatic rings. The van der Waals surface area contributed by atoms with Crippen molar-refractivity contribution in [2.75, 3.05) is 18.0 Å². The highest BCUT2D eigenvalue weighted by molar-refractivity contribution is 5.77. The average Bonchev–Trinajstić information content (AvgIpc) is 2.79. The van der Waals surface area contributed by atoms with E-state index in [1.807, 2.05) is 36.4 Å². The van der Waals surface area contributed by atoms with Crippen molar-refractivity contribution in [3.05, 3.63) is 102 Å². The molecule has 0 atom stereocenters. The van der Waals surface area contributed by atoms with Crippen LogP contribution in [-0.2, 0) is 11.3 Å². The summed E-state index contributed by atoms with van der Waals surface area (Å²) in [4.78, 5) is 15.0. The molecule has 0 saturated heterocycles. The molecule has 0 heterocycles. The highest BCUT2D eigenvalue weighted by Crippen LogP contribution is 2.27. The van der Waals surface area contributed by atoms with Crippen LogP contribution in [0.3, 0.4) is 0 Å². The van der Waals surface area contributed by atoms with Gasteiger partial charge in [0.1, 0.15) is 0 Å². The van der Waals surface area contributed by atoms with Crippen LogP contribution in [0.15, 0.2) is 84.9 Å². The Labute approximate surface area is 174 Å². The number of hydrogen-bond donors (Lipinski definition) is 1. The summed E-state index contributed by atoms with van der Waals surface area (Å²) in [6.07, 6.45) is 0.436. The Balaban J connectivity index is 1.63. The van der Waals surface area contributed by atoms with Crippen LogP contribution in [0.2, 0.25) is 0 Å². The third kappa shape index (κ3) is 5.71. The summed E-state index contributed by atoms with van der Waals surface area (Å²) in [5.74, 6) is 0.123. The standard InChI is InChI=1S/C26H30N2O/c1-3-28(4-2)24-17-15-21(16-18-24)20-27-26(29)19-25(22-11-7-5-8-12-22)23-13-9-6-10-14-23/h5-18,25H,3-4,19-20H2,1-2H3,(H,27,29). The van der Waals surface area contributed by atoms with Crippen molar-refractivity contribution in [3.63, 3.8) is 0 Å². The molecule has 0 aromatic heterocycles. The second-order valence-corrected chi connectivity index (χ2v) is 7.19. The van der Waals surface area contributed by atoms with Crippen LogP contribution < -0.4 is 10.2 Å². The molecular formula is C26H30N2O. The Morgan fingerprint density at radius 2 is 1.31 bits per heavy atom. The van der Waals surface area contributed by atoms with Gasteiger partial charge in [0.15, 0.2) is 0 Å². The third-order valence-corrected chi connectivity index (χ3v) is 5.35. The van der Waals surface area contributed by atoms with Crippen LogP contribution in [0.1, 0.15) is 42.9 Å². The Bertz CT molecular complexity index is 832. The zero-order valence-electron chi connectivity index (χ0n) is 17.3. The van der Waals surface area contributed by atoms with Crippen molar-refractivity contribution in [2.45, 2.75) is 32.7 Å². The number of amides is 1. The summed E-state index contributed by atoms with van der Waals surface area (Å²) in [7, 11) is 0. The van der Waals surface area contributed by atoms with Gasteiger partial charge in [-0.25, -0.2) is 0 Å². The molecule has 0 aliphatic heterocycles. The summed E-state index contributed by atoms with van der Waals surface area (Å²) in [5.41, 5.74) is 4.67. The van der Waals surface area contributed by atoms with Crippen molar-refractivity contribution in [2.24, 2.45) is 0 Å². The fourth-order valence-electron chi connectivity index (χ4n) is 3.67. The smallest absolute Gasteiger partial charge is 0.221 e. The van der Waals surface area contributed by atoms with Crippen molar-refractivity contribution >= 4 is 11.6 Å². The number of carbonyl (C=O) groups excluding carboxylic acids is 1. The van der Waals surface area contributed by atoms with E-state index in [4.69, 9.17) is 0 Å². The molecular weight excluding hydrogens is 356 g/mol. The van der Waals surface area contributed by atoms with E-state index >= 15 is 0 Å². The van der Waals surface area contributed by atoms with Gasteiger partial charge in [0, 0.05) is 37.7 Å². The van der Waals surface area contributed by atoms with E-state index in [9.17, 15) is 4.79 Å². The van der Waals surface area contributed by atoms with Crippen molar-refractivity contribution in [1.29, 1.82) is 0 Å². The third-order valence-electron chi connectivity index (χ3n) is 5.35. The first-order valence-corrected chi connectivity index (χ1v) is 10.4. The van der Waals surface area contributed by atoms with Crippen LogP contribution in [0.4, 0.5) is 5.69 Å². The number of rotatable bonds is 9. The highest BCUT2D eigenvalue weighted by atomic mass is 16.1. The van der Waals surface area contributed by atoms with Gasteiger partial charge in [-0.05, 0) is 42.7 Å². The fraction of sp³-hybridized carbons (Fsp3) is 0.269. The molecule has 1 amide bonds. The zero-order chi connectivity index (χ0) is 20.5. The number of anilines is 1. The molecule has 3 rings (SSSR count).